The van der Waals surface area contributed by atoms with E-state index in [9.17, 15) is 9.18 Å². The molecular weight excluding hydrogens is 281 g/mol. The van der Waals surface area contributed by atoms with Crippen LogP contribution in [0.15, 0.2) is 36.4 Å². The average Bonchev–Trinajstić information content (AvgIpc) is 2.90. The summed E-state index contributed by atoms with van der Waals surface area (Å²) >= 11 is 5.68. The first-order chi connectivity index (χ1) is 9.63. The number of anilines is 1. The predicted molar refractivity (Wildman–Crippen MR) is 75.0 cm³/mol. The molecule has 0 spiro atoms. The van der Waals surface area contributed by atoms with Gasteiger partial charge in [-0.1, -0.05) is 11.6 Å². The fourth-order valence-electron chi connectivity index (χ4n) is 2.10. The molecule has 1 aliphatic heterocycles. The number of amides is 1. The van der Waals surface area contributed by atoms with Gasteiger partial charge in [-0.25, -0.2) is 4.39 Å². The zero-order valence-corrected chi connectivity index (χ0v) is 11.2. The zero-order valence-electron chi connectivity index (χ0n) is 10.5. The summed E-state index contributed by atoms with van der Waals surface area (Å²) in [6.45, 7) is 0.647. The molecule has 0 unspecified atom stereocenters. The number of ether oxygens (including phenoxy) is 1. The van der Waals surface area contributed by atoms with Crippen LogP contribution in [-0.2, 0) is 6.42 Å². The SMILES string of the molecule is O=C(Nc1ccc(F)c(Cl)c1)c1ccc2c(c1)CCO2. The Morgan fingerprint density at radius 3 is 2.90 bits per heavy atom. The average molecular weight is 292 g/mol. The minimum absolute atomic E-state index is 0.0230. The largest absolute Gasteiger partial charge is 0.493 e. The van der Waals surface area contributed by atoms with E-state index in [0.717, 1.165) is 17.7 Å². The van der Waals surface area contributed by atoms with Crippen molar-refractivity contribution in [3.8, 4) is 5.75 Å². The molecule has 2 aromatic carbocycles. The maximum Gasteiger partial charge on any atom is 0.255 e. The first-order valence-electron chi connectivity index (χ1n) is 6.15. The Morgan fingerprint density at radius 1 is 1.25 bits per heavy atom. The molecule has 0 atom stereocenters. The van der Waals surface area contributed by atoms with Crippen molar-refractivity contribution < 1.29 is 13.9 Å². The van der Waals surface area contributed by atoms with Gasteiger partial charge in [-0.2, -0.15) is 0 Å². The highest BCUT2D eigenvalue weighted by Crippen LogP contribution is 2.26. The quantitative estimate of drug-likeness (QED) is 0.917. The van der Waals surface area contributed by atoms with Gasteiger partial charge in [-0.3, -0.25) is 4.79 Å². The Bertz CT molecular complexity index is 688. The van der Waals surface area contributed by atoms with E-state index in [1.807, 2.05) is 6.07 Å². The number of carbonyl (C=O) groups excluding carboxylic acids is 1. The number of nitrogens with one attached hydrogen (secondary N) is 1. The van der Waals surface area contributed by atoms with Crippen LogP contribution < -0.4 is 10.1 Å². The van der Waals surface area contributed by atoms with Gasteiger partial charge < -0.3 is 10.1 Å². The summed E-state index contributed by atoms with van der Waals surface area (Å²) in [5, 5.41) is 2.66. The third-order valence-corrected chi connectivity index (χ3v) is 3.42. The number of carbonyl (C=O) groups is 1. The van der Waals surface area contributed by atoms with Crippen LogP contribution >= 0.6 is 11.6 Å². The van der Waals surface area contributed by atoms with Crippen molar-refractivity contribution in [1.29, 1.82) is 0 Å². The summed E-state index contributed by atoms with van der Waals surface area (Å²) in [6, 6.07) is 9.36. The van der Waals surface area contributed by atoms with E-state index in [1.54, 1.807) is 12.1 Å². The molecule has 0 bridgehead atoms. The second-order valence-electron chi connectivity index (χ2n) is 4.50. The number of halogens is 2. The van der Waals surface area contributed by atoms with Gasteiger partial charge in [-0.05, 0) is 42.0 Å². The fourth-order valence-corrected chi connectivity index (χ4v) is 2.29. The van der Waals surface area contributed by atoms with Gasteiger partial charge in [0.1, 0.15) is 11.6 Å². The zero-order chi connectivity index (χ0) is 14.1. The van der Waals surface area contributed by atoms with Crippen LogP contribution in [0.2, 0.25) is 5.02 Å². The number of hydrogen-bond donors (Lipinski definition) is 1. The third kappa shape index (κ3) is 2.47. The Morgan fingerprint density at radius 2 is 2.10 bits per heavy atom. The van der Waals surface area contributed by atoms with Crippen molar-refractivity contribution in [2.45, 2.75) is 6.42 Å². The first kappa shape index (κ1) is 12.9. The number of benzene rings is 2. The maximum atomic E-state index is 13.1. The van der Waals surface area contributed by atoms with E-state index in [2.05, 4.69) is 5.32 Å². The van der Waals surface area contributed by atoms with Gasteiger partial charge in [0.15, 0.2) is 0 Å². The molecule has 2 aromatic rings. The Labute approximate surface area is 120 Å². The van der Waals surface area contributed by atoms with E-state index in [4.69, 9.17) is 16.3 Å². The molecule has 20 heavy (non-hydrogen) atoms. The summed E-state index contributed by atoms with van der Waals surface area (Å²) in [5.41, 5.74) is 2.02. The summed E-state index contributed by atoms with van der Waals surface area (Å²) in [5.74, 6) is 0.0492. The molecule has 0 fully saturated rings. The van der Waals surface area contributed by atoms with Gasteiger partial charge in [0, 0.05) is 17.7 Å². The van der Waals surface area contributed by atoms with E-state index in [1.165, 1.54) is 18.2 Å². The molecule has 0 saturated heterocycles. The molecule has 1 aliphatic rings. The predicted octanol–water partition coefficient (Wildman–Crippen LogP) is 3.67. The highest BCUT2D eigenvalue weighted by molar-refractivity contribution is 6.31. The number of fused-ring (bicyclic) bond motifs is 1. The van der Waals surface area contributed by atoms with Crippen LogP contribution in [0.25, 0.3) is 0 Å². The van der Waals surface area contributed by atoms with E-state index in [0.29, 0.717) is 17.9 Å². The van der Waals surface area contributed by atoms with Crippen molar-refractivity contribution in [1.82, 2.24) is 0 Å². The highest BCUT2D eigenvalue weighted by Gasteiger charge is 2.15. The molecule has 0 radical (unpaired) electrons. The first-order valence-corrected chi connectivity index (χ1v) is 6.53. The van der Waals surface area contributed by atoms with Gasteiger partial charge in [0.25, 0.3) is 5.91 Å². The molecule has 3 nitrogen and oxygen atoms in total. The van der Waals surface area contributed by atoms with Crippen molar-refractivity contribution in [2.75, 3.05) is 11.9 Å². The standard InChI is InChI=1S/C15H11ClFNO2/c16-12-8-11(2-3-13(12)17)18-15(19)10-1-4-14-9(7-10)5-6-20-14/h1-4,7-8H,5-6H2,(H,18,19). The van der Waals surface area contributed by atoms with Crippen LogP contribution in [0.1, 0.15) is 15.9 Å². The third-order valence-electron chi connectivity index (χ3n) is 3.13. The van der Waals surface area contributed by atoms with E-state index >= 15 is 0 Å². The monoisotopic (exact) mass is 291 g/mol. The lowest BCUT2D eigenvalue weighted by Gasteiger charge is -2.07. The normalized spacial score (nSPS) is 12.7. The van der Waals surface area contributed by atoms with Crippen LogP contribution in [0.5, 0.6) is 5.75 Å². The smallest absolute Gasteiger partial charge is 0.255 e. The number of hydrogen-bond acceptors (Lipinski definition) is 2. The fraction of sp³-hybridized carbons (Fsp3) is 0.133. The summed E-state index contributed by atoms with van der Waals surface area (Å²) in [7, 11) is 0. The molecule has 5 heteroatoms. The highest BCUT2D eigenvalue weighted by atomic mass is 35.5. The molecule has 0 saturated carbocycles. The van der Waals surface area contributed by atoms with Crippen LogP contribution in [0, 0.1) is 5.82 Å². The lowest BCUT2D eigenvalue weighted by atomic mass is 10.1. The van der Waals surface area contributed by atoms with Crippen LogP contribution in [-0.4, -0.2) is 12.5 Å². The maximum absolute atomic E-state index is 13.1. The Balaban J connectivity index is 1.80. The second-order valence-corrected chi connectivity index (χ2v) is 4.91. The Hall–Kier alpha value is -2.07. The summed E-state index contributed by atoms with van der Waals surface area (Å²) in [4.78, 5) is 12.1. The van der Waals surface area contributed by atoms with Crippen LogP contribution in [0.4, 0.5) is 10.1 Å². The molecule has 1 heterocycles. The van der Waals surface area contributed by atoms with Crippen molar-refractivity contribution in [2.24, 2.45) is 0 Å². The molecule has 1 amide bonds. The van der Waals surface area contributed by atoms with E-state index in [-0.39, 0.29) is 10.9 Å². The molecular formula is C15H11ClFNO2. The molecule has 1 N–H and O–H groups in total. The summed E-state index contributed by atoms with van der Waals surface area (Å²) in [6.07, 6.45) is 0.804. The molecule has 0 aromatic heterocycles. The second kappa shape index (κ2) is 5.13. The lowest BCUT2D eigenvalue weighted by molar-refractivity contribution is 0.102. The van der Waals surface area contributed by atoms with Gasteiger partial charge in [0.05, 0.1) is 11.6 Å². The topological polar surface area (TPSA) is 38.3 Å². The van der Waals surface area contributed by atoms with Gasteiger partial charge >= 0.3 is 0 Å². The lowest BCUT2D eigenvalue weighted by Crippen LogP contribution is -2.12. The summed E-state index contributed by atoms with van der Waals surface area (Å²) < 4.78 is 18.4. The van der Waals surface area contributed by atoms with Crippen molar-refractivity contribution >= 4 is 23.2 Å². The Kier molecular flexibility index (Phi) is 3.32. The minimum Gasteiger partial charge on any atom is -0.493 e. The van der Waals surface area contributed by atoms with Crippen LogP contribution in [0.3, 0.4) is 0 Å². The number of rotatable bonds is 2. The van der Waals surface area contributed by atoms with Gasteiger partial charge in [-0.15, -0.1) is 0 Å². The minimum atomic E-state index is -0.514. The van der Waals surface area contributed by atoms with E-state index < -0.39 is 5.82 Å². The van der Waals surface area contributed by atoms with Crippen molar-refractivity contribution in [3.63, 3.8) is 0 Å². The van der Waals surface area contributed by atoms with Gasteiger partial charge in [0.2, 0.25) is 0 Å². The molecule has 3 rings (SSSR count). The van der Waals surface area contributed by atoms with Crippen molar-refractivity contribution in [3.05, 3.63) is 58.4 Å². The molecule has 102 valence electrons. The molecule has 0 aliphatic carbocycles.